The Morgan fingerprint density at radius 1 is 1.16 bits per heavy atom. The van der Waals surface area contributed by atoms with E-state index in [2.05, 4.69) is 9.97 Å². The molecule has 2 fully saturated rings. The summed E-state index contributed by atoms with van der Waals surface area (Å²) < 4.78 is 0. The van der Waals surface area contributed by atoms with Crippen molar-refractivity contribution in [1.29, 1.82) is 0 Å². The molecule has 25 heavy (non-hydrogen) atoms. The number of amides is 2. The van der Waals surface area contributed by atoms with Crippen LogP contribution in [-0.4, -0.2) is 46.3 Å². The van der Waals surface area contributed by atoms with Crippen LogP contribution in [-0.2, 0) is 4.79 Å². The smallest absolute Gasteiger partial charge is 0.254 e. The van der Waals surface area contributed by atoms with Crippen molar-refractivity contribution in [3.63, 3.8) is 0 Å². The third-order valence-corrected chi connectivity index (χ3v) is 5.28. The number of hydrogen-bond acceptors (Lipinski definition) is 4. The minimum Gasteiger partial charge on any atom is -0.338 e. The number of carbonyl (C=O) groups is 2. The molecule has 0 N–H and O–H groups in total. The van der Waals surface area contributed by atoms with Crippen molar-refractivity contribution in [2.75, 3.05) is 24.5 Å². The quantitative estimate of drug-likeness (QED) is 0.842. The van der Waals surface area contributed by atoms with Gasteiger partial charge in [-0.05, 0) is 25.0 Å². The largest absolute Gasteiger partial charge is 0.338 e. The zero-order chi connectivity index (χ0) is 17.4. The fourth-order valence-corrected chi connectivity index (χ4v) is 3.93. The lowest BCUT2D eigenvalue weighted by Crippen LogP contribution is -2.34. The fraction of sp³-hybridized carbons (Fsp3) is 0.368. The molecule has 2 aliphatic heterocycles. The second-order valence-corrected chi connectivity index (χ2v) is 7.04. The molecule has 0 aliphatic carbocycles. The topological polar surface area (TPSA) is 66.4 Å². The highest BCUT2D eigenvalue weighted by molar-refractivity contribution is 5.98. The Balaban J connectivity index is 1.52. The van der Waals surface area contributed by atoms with E-state index < -0.39 is 0 Å². The summed E-state index contributed by atoms with van der Waals surface area (Å²) in [5, 5.41) is 0. The zero-order valence-electron chi connectivity index (χ0n) is 14.2. The fourth-order valence-electron chi connectivity index (χ4n) is 3.93. The molecule has 6 heteroatoms. The molecule has 1 aromatic heterocycles. The van der Waals surface area contributed by atoms with Crippen molar-refractivity contribution in [2.45, 2.75) is 19.8 Å². The highest BCUT2D eigenvalue weighted by Gasteiger charge is 2.49. The molecule has 1 atom stereocenters. The first kappa shape index (κ1) is 15.7. The molecular weight excluding hydrogens is 316 g/mol. The van der Waals surface area contributed by atoms with Crippen LogP contribution in [0.15, 0.2) is 43.0 Å². The molecular formula is C19H20N4O2. The number of benzene rings is 1. The number of aryl methyl sites for hydroxylation is 1. The first-order valence-electron chi connectivity index (χ1n) is 8.48. The van der Waals surface area contributed by atoms with Crippen LogP contribution in [0.4, 0.5) is 5.69 Å². The van der Waals surface area contributed by atoms with Crippen LogP contribution < -0.4 is 4.90 Å². The molecule has 2 saturated heterocycles. The zero-order valence-corrected chi connectivity index (χ0v) is 14.2. The molecule has 4 rings (SSSR count). The third kappa shape index (κ3) is 2.77. The summed E-state index contributed by atoms with van der Waals surface area (Å²) in [6.45, 7) is 3.89. The minimum absolute atomic E-state index is 0.0592. The van der Waals surface area contributed by atoms with Gasteiger partial charge in [0.25, 0.3) is 5.91 Å². The van der Waals surface area contributed by atoms with Gasteiger partial charge in [-0.3, -0.25) is 9.59 Å². The number of rotatable bonds is 2. The van der Waals surface area contributed by atoms with Crippen LogP contribution >= 0.6 is 0 Å². The van der Waals surface area contributed by atoms with Gasteiger partial charge in [0.05, 0.1) is 18.1 Å². The summed E-state index contributed by atoms with van der Waals surface area (Å²) in [4.78, 5) is 37.0. The maximum atomic E-state index is 12.8. The van der Waals surface area contributed by atoms with Gasteiger partial charge in [-0.2, -0.15) is 0 Å². The molecule has 1 spiro atoms. The van der Waals surface area contributed by atoms with Crippen molar-refractivity contribution in [2.24, 2.45) is 5.41 Å². The van der Waals surface area contributed by atoms with Crippen LogP contribution in [0.3, 0.4) is 0 Å². The van der Waals surface area contributed by atoms with Gasteiger partial charge in [-0.1, -0.05) is 18.2 Å². The molecule has 0 radical (unpaired) electrons. The molecule has 0 saturated carbocycles. The maximum Gasteiger partial charge on any atom is 0.254 e. The van der Waals surface area contributed by atoms with Gasteiger partial charge >= 0.3 is 0 Å². The van der Waals surface area contributed by atoms with E-state index in [1.165, 1.54) is 6.33 Å². The molecule has 128 valence electrons. The van der Waals surface area contributed by atoms with E-state index in [0.29, 0.717) is 26.1 Å². The van der Waals surface area contributed by atoms with Crippen molar-refractivity contribution >= 4 is 17.5 Å². The standard InChI is InChI=1S/C19H20N4O2/c1-14-4-2-3-5-16(14)18(25)22-7-6-19(11-22)8-17(24)23(12-19)15-9-20-13-21-10-15/h2-5,9-10,13H,6-8,11-12H2,1H3/t19-/m1/s1. The lowest BCUT2D eigenvalue weighted by molar-refractivity contribution is -0.117. The number of likely N-dealkylation sites (tertiary alicyclic amines) is 1. The van der Waals surface area contributed by atoms with Gasteiger partial charge < -0.3 is 9.80 Å². The average molecular weight is 336 g/mol. The summed E-state index contributed by atoms with van der Waals surface area (Å²) in [5.74, 6) is 0.143. The summed E-state index contributed by atoms with van der Waals surface area (Å²) in [7, 11) is 0. The molecule has 2 aliphatic rings. The molecule has 0 unspecified atom stereocenters. The van der Waals surface area contributed by atoms with Gasteiger partial charge in [0.2, 0.25) is 5.91 Å². The summed E-state index contributed by atoms with van der Waals surface area (Å²) in [5.41, 5.74) is 2.30. The molecule has 3 heterocycles. The van der Waals surface area contributed by atoms with Crippen molar-refractivity contribution in [1.82, 2.24) is 14.9 Å². The molecule has 6 nitrogen and oxygen atoms in total. The van der Waals surface area contributed by atoms with E-state index in [0.717, 1.165) is 23.2 Å². The van der Waals surface area contributed by atoms with Crippen LogP contribution in [0.5, 0.6) is 0 Å². The molecule has 1 aromatic carbocycles. The van der Waals surface area contributed by atoms with Crippen molar-refractivity contribution < 1.29 is 9.59 Å². The van der Waals surface area contributed by atoms with Gasteiger partial charge in [0.1, 0.15) is 6.33 Å². The normalized spacial score (nSPS) is 22.8. The Labute approximate surface area is 146 Å². The Morgan fingerprint density at radius 2 is 1.92 bits per heavy atom. The van der Waals surface area contributed by atoms with Crippen LogP contribution in [0.25, 0.3) is 0 Å². The van der Waals surface area contributed by atoms with E-state index in [1.807, 2.05) is 36.1 Å². The van der Waals surface area contributed by atoms with Crippen LogP contribution in [0.2, 0.25) is 0 Å². The number of nitrogens with zero attached hydrogens (tertiary/aromatic N) is 4. The Bertz CT molecular complexity index is 823. The Morgan fingerprint density at radius 3 is 2.68 bits per heavy atom. The first-order chi connectivity index (χ1) is 12.1. The van der Waals surface area contributed by atoms with E-state index in [9.17, 15) is 9.59 Å². The first-order valence-corrected chi connectivity index (χ1v) is 8.48. The predicted molar refractivity (Wildman–Crippen MR) is 93.1 cm³/mol. The maximum absolute atomic E-state index is 12.8. The number of hydrogen-bond donors (Lipinski definition) is 0. The van der Waals surface area contributed by atoms with Gasteiger partial charge in [-0.25, -0.2) is 9.97 Å². The van der Waals surface area contributed by atoms with Crippen molar-refractivity contribution in [3.05, 3.63) is 54.1 Å². The summed E-state index contributed by atoms with van der Waals surface area (Å²) >= 11 is 0. The van der Waals surface area contributed by atoms with E-state index in [-0.39, 0.29) is 17.2 Å². The van der Waals surface area contributed by atoms with E-state index >= 15 is 0 Å². The highest BCUT2D eigenvalue weighted by atomic mass is 16.2. The van der Waals surface area contributed by atoms with Crippen molar-refractivity contribution in [3.8, 4) is 0 Å². The molecule has 2 amide bonds. The average Bonchev–Trinajstić information content (AvgIpc) is 3.19. The Hall–Kier alpha value is -2.76. The molecule has 2 aromatic rings. The van der Waals surface area contributed by atoms with E-state index in [4.69, 9.17) is 0 Å². The SMILES string of the molecule is Cc1ccccc1C(=O)N1CC[C@@]2(CC(=O)N(c3cncnc3)C2)C1. The summed E-state index contributed by atoms with van der Waals surface area (Å²) in [6.07, 6.45) is 6.10. The van der Waals surface area contributed by atoms with E-state index in [1.54, 1.807) is 17.3 Å². The molecule has 0 bridgehead atoms. The van der Waals surface area contributed by atoms with Crippen LogP contribution in [0, 0.1) is 12.3 Å². The van der Waals surface area contributed by atoms with Gasteiger partial charge in [0.15, 0.2) is 0 Å². The monoisotopic (exact) mass is 336 g/mol. The van der Waals surface area contributed by atoms with Gasteiger partial charge in [-0.15, -0.1) is 0 Å². The van der Waals surface area contributed by atoms with Crippen LogP contribution in [0.1, 0.15) is 28.8 Å². The second kappa shape index (κ2) is 5.95. The third-order valence-electron chi connectivity index (χ3n) is 5.28. The number of carbonyl (C=O) groups excluding carboxylic acids is 2. The summed E-state index contributed by atoms with van der Waals surface area (Å²) in [6, 6.07) is 7.65. The Kier molecular flexibility index (Phi) is 3.75. The lowest BCUT2D eigenvalue weighted by atomic mass is 9.86. The number of aromatic nitrogens is 2. The number of anilines is 1. The van der Waals surface area contributed by atoms with Gasteiger partial charge in [0, 0.05) is 37.0 Å². The minimum atomic E-state index is -0.161. The predicted octanol–water partition coefficient (Wildman–Crippen LogP) is 2.05. The second-order valence-electron chi connectivity index (χ2n) is 7.04. The highest BCUT2D eigenvalue weighted by Crippen LogP contribution is 2.42. The lowest BCUT2D eigenvalue weighted by Gasteiger charge is -2.24.